The van der Waals surface area contributed by atoms with E-state index in [0.717, 1.165) is 0 Å². The first-order chi connectivity index (χ1) is 13.0. The molecule has 7 nitrogen and oxygen atoms in total. The van der Waals surface area contributed by atoms with Crippen molar-refractivity contribution in [2.75, 3.05) is 19.0 Å². The van der Waals surface area contributed by atoms with Crippen molar-refractivity contribution in [3.8, 4) is 5.75 Å². The first-order valence-corrected chi connectivity index (χ1v) is 8.33. The second-order valence-corrected chi connectivity index (χ2v) is 5.61. The van der Waals surface area contributed by atoms with E-state index in [0.29, 0.717) is 28.9 Å². The summed E-state index contributed by atoms with van der Waals surface area (Å²) in [6, 6.07) is 11.5. The van der Waals surface area contributed by atoms with Crippen molar-refractivity contribution in [3.05, 3.63) is 64.0 Å². The quantitative estimate of drug-likeness (QED) is 0.407. The fourth-order valence-electron chi connectivity index (χ4n) is 2.57. The molecule has 0 unspecified atom stereocenters. The summed E-state index contributed by atoms with van der Waals surface area (Å²) in [7, 11) is 1.70. The average Bonchev–Trinajstić information content (AvgIpc) is 2.68. The summed E-state index contributed by atoms with van der Waals surface area (Å²) in [5, 5.41) is 13.8. The second-order valence-electron chi connectivity index (χ2n) is 5.61. The highest BCUT2D eigenvalue weighted by molar-refractivity contribution is 5.98. The van der Waals surface area contributed by atoms with Gasteiger partial charge >= 0.3 is 11.6 Å². The summed E-state index contributed by atoms with van der Waals surface area (Å²) < 4.78 is 10.3. The fourth-order valence-corrected chi connectivity index (χ4v) is 2.57. The van der Waals surface area contributed by atoms with Gasteiger partial charge in [0.2, 0.25) is 0 Å². The molecule has 27 heavy (non-hydrogen) atoms. The van der Waals surface area contributed by atoms with Crippen molar-refractivity contribution in [1.29, 1.82) is 0 Å². The minimum atomic E-state index is -0.699. The minimum absolute atomic E-state index is 0.0507. The van der Waals surface area contributed by atoms with Crippen molar-refractivity contribution >= 4 is 34.5 Å². The molecule has 1 heterocycles. The zero-order chi connectivity index (χ0) is 19.4. The van der Waals surface area contributed by atoms with Crippen LogP contribution >= 0.6 is 0 Å². The number of anilines is 1. The number of ether oxygens (including phenoxy) is 1. The molecule has 7 heteroatoms. The van der Waals surface area contributed by atoms with Crippen LogP contribution in [0.4, 0.5) is 11.4 Å². The van der Waals surface area contributed by atoms with E-state index in [4.69, 9.17) is 9.15 Å². The molecule has 0 radical (unpaired) electrons. The number of aromatic hydroxyl groups is 1. The Kier molecular flexibility index (Phi) is 5.21. The Morgan fingerprint density at radius 2 is 2.00 bits per heavy atom. The number of nitrogens with one attached hydrogen (secondary N) is 1. The first kappa shape index (κ1) is 18.2. The standard InChI is InChI=1S/C20H18N2O5/c1-3-26-19(24)12-7-9-13(10-8-12)22-11-15-17(23)14-5-4-6-16(21-2)18(14)27-20(15)25/h4-11,21,23H,3H2,1-2H3. The average molecular weight is 366 g/mol. The summed E-state index contributed by atoms with van der Waals surface area (Å²) in [6.07, 6.45) is 1.24. The van der Waals surface area contributed by atoms with Crippen LogP contribution in [-0.4, -0.2) is 30.9 Å². The van der Waals surface area contributed by atoms with Gasteiger partial charge in [0.15, 0.2) is 5.58 Å². The van der Waals surface area contributed by atoms with E-state index in [1.807, 2.05) is 0 Å². The predicted molar refractivity (Wildman–Crippen MR) is 103 cm³/mol. The number of esters is 1. The molecule has 0 atom stereocenters. The fraction of sp³-hybridized carbons (Fsp3) is 0.150. The van der Waals surface area contributed by atoms with Gasteiger partial charge in [-0.1, -0.05) is 6.07 Å². The molecule has 0 aliphatic heterocycles. The smallest absolute Gasteiger partial charge is 0.349 e. The molecule has 0 fully saturated rings. The summed E-state index contributed by atoms with van der Waals surface area (Å²) in [4.78, 5) is 28.1. The lowest BCUT2D eigenvalue weighted by molar-refractivity contribution is 0.0526. The Hall–Kier alpha value is -3.61. The Bertz CT molecular complexity index is 1070. The van der Waals surface area contributed by atoms with E-state index in [-0.39, 0.29) is 16.9 Å². The monoisotopic (exact) mass is 366 g/mol. The molecular formula is C20H18N2O5. The van der Waals surface area contributed by atoms with Gasteiger partial charge in [0.25, 0.3) is 0 Å². The Labute approximate surface area is 154 Å². The molecule has 0 aliphatic carbocycles. The van der Waals surface area contributed by atoms with Crippen LogP contribution in [-0.2, 0) is 4.74 Å². The third kappa shape index (κ3) is 3.67. The van der Waals surface area contributed by atoms with Gasteiger partial charge in [-0.05, 0) is 43.3 Å². The topological polar surface area (TPSA) is 101 Å². The molecular weight excluding hydrogens is 348 g/mol. The lowest BCUT2D eigenvalue weighted by atomic mass is 10.1. The summed E-state index contributed by atoms with van der Waals surface area (Å²) >= 11 is 0. The summed E-state index contributed by atoms with van der Waals surface area (Å²) in [6.45, 7) is 2.03. The molecule has 0 aliphatic rings. The highest BCUT2D eigenvalue weighted by atomic mass is 16.5. The Morgan fingerprint density at radius 1 is 1.26 bits per heavy atom. The van der Waals surface area contributed by atoms with E-state index in [9.17, 15) is 14.7 Å². The normalized spacial score (nSPS) is 11.0. The van der Waals surface area contributed by atoms with Crippen LogP contribution in [0.25, 0.3) is 11.0 Å². The van der Waals surface area contributed by atoms with Gasteiger partial charge in [0.1, 0.15) is 11.3 Å². The van der Waals surface area contributed by atoms with Crippen LogP contribution in [0, 0.1) is 0 Å². The van der Waals surface area contributed by atoms with Crippen LogP contribution in [0.15, 0.2) is 56.7 Å². The van der Waals surface area contributed by atoms with E-state index in [1.165, 1.54) is 6.21 Å². The first-order valence-electron chi connectivity index (χ1n) is 8.33. The van der Waals surface area contributed by atoms with Crippen LogP contribution in [0.1, 0.15) is 22.8 Å². The molecule has 0 saturated carbocycles. The molecule has 0 saturated heterocycles. The van der Waals surface area contributed by atoms with Crippen molar-refractivity contribution in [2.24, 2.45) is 4.99 Å². The van der Waals surface area contributed by atoms with Gasteiger partial charge in [-0.15, -0.1) is 0 Å². The van der Waals surface area contributed by atoms with Crippen LogP contribution in [0.5, 0.6) is 5.75 Å². The molecule has 2 N–H and O–H groups in total. The lowest BCUT2D eigenvalue weighted by Gasteiger charge is -2.07. The summed E-state index contributed by atoms with van der Waals surface area (Å²) in [5.41, 5.74) is 1.03. The molecule has 3 aromatic rings. The number of fused-ring (bicyclic) bond motifs is 1. The van der Waals surface area contributed by atoms with Crippen molar-refractivity contribution in [3.63, 3.8) is 0 Å². The van der Waals surface area contributed by atoms with Crippen molar-refractivity contribution in [2.45, 2.75) is 6.92 Å². The maximum absolute atomic E-state index is 12.3. The third-order valence-electron chi connectivity index (χ3n) is 3.93. The predicted octanol–water partition coefficient (Wildman–Crippen LogP) is 3.47. The van der Waals surface area contributed by atoms with Gasteiger partial charge in [-0.2, -0.15) is 0 Å². The van der Waals surface area contributed by atoms with Crippen LogP contribution in [0.2, 0.25) is 0 Å². The minimum Gasteiger partial charge on any atom is -0.506 e. The van der Waals surface area contributed by atoms with E-state index >= 15 is 0 Å². The summed E-state index contributed by atoms with van der Waals surface area (Å²) in [5.74, 6) is -0.619. The number of carbonyl (C=O) groups is 1. The number of nitrogens with zero attached hydrogens (tertiary/aromatic N) is 1. The number of rotatable bonds is 5. The van der Waals surface area contributed by atoms with Gasteiger partial charge in [0, 0.05) is 13.3 Å². The van der Waals surface area contributed by atoms with Gasteiger partial charge < -0.3 is 19.6 Å². The van der Waals surface area contributed by atoms with Crippen LogP contribution < -0.4 is 10.9 Å². The molecule has 2 aromatic carbocycles. The Morgan fingerprint density at radius 3 is 2.67 bits per heavy atom. The number of para-hydroxylation sites is 1. The van der Waals surface area contributed by atoms with Gasteiger partial charge in [0.05, 0.1) is 28.9 Å². The van der Waals surface area contributed by atoms with Crippen molar-refractivity contribution < 1.29 is 19.1 Å². The number of aliphatic imine (C=N–C) groups is 1. The van der Waals surface area contributed by atoms with E-state index < -0.39 is 11.6 Å². The number of carbonyl (C=O) groups excluding carboxylic acids is 1. The molecule has 0 spiro atoms. The molecule has 0 amide bonds. The number of benzene rings is 2. The SMILES string of the molecule is CCOC(=O)c1ccc(N=Cc2c(O)c3cccc(NC)c3oc2=O)cc1. The Balaban J connectivity index is 1.95. The maximum atomic E-state index is 12.3. The van der Waals surface area contributed by atoms with Crippen LogP contribution in [0.3, 0.4) is 0 Å². The second kappa shape index (κ2) is 7.74. The number of hydrogen-bond donors (Lipinski definition) is 2. The maximum Gasteiger partial charge on any atom is 0.349 e. The molecule has 138 valence electrons. The zero-order valence-corrected chi connectivity index (χ0v) is 14.9. The van der Waals surface area contributed by atoms with Crippen molar-refractivity contribution in [1.82, 2.24) is 0 Å². The van der Waals surface area contributed by atoms with Gasteiger partial charge in [-0.25, -0.2) is 9.59 Å². The third-order valence-corrected chi connectivity index (χ3v) is 3.93. The molecule has 1 aromatic heterocycles. The molecule has 0 bridgehead atoms. The zero-order valence-electron chi connectivity index (χ0n) is 14.9. The van der Waals surface area contributed by atoms with E-state index in [2.05, 4.69) is 10.3 Å². The number of hydrogen-bond acceptors (Lipinski definition) is 7. The van der Waals surface area contributed by atoms with Gasteiger partial charge in [-0.3, -0.25) is 4.99 Å². The highest BCUT2D eigenvalue weighted by Crippen LogP contribution is 2.30. The lowest BCUT2D eigenvalue weighted by Crippen LogP contribution is -2.07. The largest absolute Gasteiger partial charge is 0.506 e. The molecule has 3 rings (SSSR count). The highest BCUT2D eigenvalue weighted by Gasteiger charge is 2.14. The van der Waals surface area contributed by atoms with E-state index in [1.54, 1.807) is 56.4 Å².